The Balaban J connectivity index is 1.62. The van der Waals surface area contributed by atoms with E-state index in [9.17, 15) is 13.2 Å². The molecule has 0 atom stereocenters. The summed E-state index contributed by atoms with van der Waals surface area (Å²) in [5.41, 5.74) is 1.72. The van der Waals surface area contributed by atoms with Crippen LogP contribution in [0.4, 0.5) is 24.8 Å². The van der Waals surface area contributed by atoms with E-state index in [2.05, 4.69) is 20.7 Å². The molecule has 0 radical (unpaired) electrons. The number of aromatic nitrogens is 3. The largest absolute Gasteiger partial charge is 0.416 e. The molecule has 27 heavy (non-hydrogen) atoms. The minimum atomic E-state index is -4.41. The van der Waals surface area contributed by atoms with Gasteiger partial charge in [0.15, 0.2) is 5.11 Å². The fraction of sp³-hybridized carbons (Fsp3) is 0.167. The summed E-state index contributed by atoms with van der Waals surface area (Å²) in [6.45, 7) is 2.56. The number of thiocarbonyl (C=S) groups is 1. The smallest absolute Gasteiger partial charge is 0.332 e. The maximum atomic E-state index is 12.8. The van der Waals surface area contributed by atoms with Crippen molar-refractivity contribution in [2.75, 3.05) is 10.6 Å². The number of nitrogens with zero attached hydrogens (tertiary/aromatic N) is 3. The van der Waals surface area contributed by atoms with Crippen LogP contribution in [-0.4, -0.2) is 19.9 Å². The fourth-order valence-corrected chi connectivity index (χ4v) is 2.64. The van der Waals surface area contributed by atoms with Crippen molar-refractivity contribution in [1.29, 1.82) is 0 Å². The molecule has 0 bridgehead atoms. The average Bonchev–Trinajstić information content (AvgIpc) is 3.03. The summed E-state index contributed by atoms with van der Waals surface area (Å²) in [6.07, 6.45) is -2.86. The second-order valence-electron chi connectivity index (χ2n) is 5.85. The van der Waals surface area contributed by atoms with Crippen molar-refractivity contribution in [3.05, 3.63) is 71.5 Å². The highest BCUT2D eigenvalue weighted by atomic mass is 32.1. The average molecular weight is 391 g/mol. The molecule has 2 N–H and O–H groups in total. The van der Waals surface area contributed by atoms with Crippen LogP contribution in [0.2, 0.25) is 0 Å². The summed E-state index contributed by atoms with van der Waals surface area (Å²) in [6, 6.07) is 12.7. The first-order valence-electron chi connectivity index (χ1n) is 8.00. The molecule has 5 nitrogen and oxygen atoms in total. The van der Waals surface area contributed by atoms with Crippen molar-refractivity contribution in [2.45, 2.75) is 19.6 Å². The van der Waals surface area contributed by atoms with Gasteiger partial charge in [-0.15, -0.1) is 5.10 Å². The van der Waals surface area contributed by atoms with Crippen molar-refractivity contribution >= 4 is 29.0 Å². The molecule has 0 spiro atoms. The molecular weight excluding hydrogens is 375 g/mol. The van der Waals surface area contributed by atoms with E-state index in [-0.39, 0.29) is 16.7 Å². The quantitative estimate of drug-likeness (QED) is 0.643. The second kappa shape index (κ2) is 7.75. The number of nitrogens with one attached hydrogen (secondary N) is 2. The van der Waals surface area contributed by atoms with E-state index in [0.717, 1.165) is 23.3 Å². The van der Waals surface area contributed by atoms with Gasteiger partial charge in [-0.05, 0) is 48.5 Å². The molecule has 9 heteroatoms. The van der Waals surface area contributed by atoms with Crippen molar-refractivity contribution < 1.29 is 13.2 Å². The molecule has 0 aliphatic heterocycles. The lowest BCUT2D eigenvalue weighted by atomic mass is 10.1. The number of hydrogen-bond donors (Lipinski definition) is 2. The van der Waals surface area contributed by atoms with Crippen molar-refractivity contribution in [1.82, 2.24) is 14.8 Å². The van der Waals surface area contributed by atoms with Crippen LogP contribution < -0.4 is 10.6 Å². The number of halogens is 3. The van der Waals surface area contributed by atoms with E-state index in [1.165, 1.54) is 12.1 Å². The number of rotatable bonds is 4. The summed E-state index contributed by atoms with van der Waals surface area (Å²) in [4.78, 5) is 4.11. The highest BCUT2D eigenvalue weighted by Gasteiger charge is 2.30. The minimum absolute atomic E-state index is 0.1000. The molecule has 140 valence electrons. The predicted octanol–water partition coefficient (Wildman–Crippen LogP) is 4.46. The summed E-state index contributed by atoms with van der Waals surface area (Å²) >= 11 is 5.12. The van der Waals surface area contributed by atoms with E-state index in [0.29, 0.717) is 6.54 Å². The molecule has 0 saturated heterocycles. The van der Waals surface area contributed by atoms with Gasteiger partial charge in [0, 0.05) is 5.69 Å². The maximum Gasteiger partial charge on any atom is 0.416 e. The van der Waals surface area contributed by atoms with Crippen LogP contribution in [0.1, 0.15) is 16.7 Å². The predicted molar refractivity (Wildman–Crippen MR) is 102 cm³/mol. The van der Waals surface area contributed by atoms with Gasteiger partial charge in [-0.1, -0.05) is 30.3 Å². The third-order valence-corrected chi connectivity index (χ3v) is 4.01. The number of aryl methyl sites for hydroxylation is 1. The van der Waals surface area contributed by atoms with E-state index >= 15 is 0 Å². The second-order valence-corrected chi connectivity index (χ2v) is 6.26. The molecule has 0 amide bonds. The van der Waals surface area contributed by atoms with Crippen LogP contribution >= 0.6 is 12.2 Å². The molecule has 0 fully saturated rings. The Morgan fingerprint density at radius 2 is 1.89 bits per heavy atom. The Labute approximate surface area is 159 Å². The normalized spacial score (nSPS) is 11.3. The topological polar surface area (TPSA) is 54.8 Å². The summed E-state index contributed by atoms with van der Waals surface area (Å²) in [7, 11) is 0. The van der Waals surface area contributed by atoms with E-state index in [1.807, 2.05) is 31.2 Å². The zero-order chi connectivity index (χ0) is 19.4. The summed E-state index contributed by atoms with van der Waals surface area (Å²) < 4.78 is 39.9. The van der Waals surface area contributed by atoms with E-state index in [1.54, 1.807) is 11.0 Å². The molecule has 3 rings (SSSR count). The lowest BCUT2D eigenvalue weighted by Crippen LogP contribution is -2.20. The van der Waals surface area contributed by atoms with Gasteiger partial charge >= 0.3 is 6.18 Å². The fourth-order valence-electron chi connectivity index (χ4n) is 2.43. The Morgan fingerprint density at radius 3 is 2.63 bits per heavy atom. The van der Waals surface area contributed by atoms with Crippen LogP contribution in [0.25, 0.3) is 0 Å². The monoisotopic (exact) mass is 391 g/mol. The Morgan fingerprint density at radius 1 is 1.11 bits per heavy atom. The summed E-state index contributed by atoms with van der Waals surface area (Å²) in [5, 5.41) is 9.84. The van der Waals surface area contributed by atoms with Crippen molar-refractivity contribution in [2.24, 2.45) is 0 Å². The first kappa shape index (κ1) is 18.8. The van der Waals surface area contributed by atoms with Gasteiger partial charge in [-0.2, -0.15) is 13.2 Å². The Kier molecular flexibility index (Phi) is 5.41. The first-order chi connectivity index (χ1) is 12.8. The first-order valence-corrected chi connectivity index (χ1v) is 8.41. The van der Waals surface area contributed by atoms with Gasteiger partial charge in [0.2, 0.25) is 5.95 Å². The molecule has 1 heterocycles. The lowest BCUT2D eigenvalue weighted by molar-refractivity contribution is -0.137. The van der Waals surface area contributed by atoms with Gasteiger partial charge in [0.05, 0.1) is 12.1 Å². The molecule has 0 saturated carbocycles. The third-order valence-electron chi connectivity index (χ3n) is 3.80. The van der Waals surface area contributed by atoms with Crippen LogP contribution in [0.15, 0.2) is 54.9 Å². The Bertz CT molecular complexity index is 952. The zero-order valence-corrected chi connectivity index (χ0v) is 15.1. The highest BCUT2D eigenvalue weighted by molar-refractivity contribution is 7.80. The van der Waals surface area contributed by atoms with Crippen LogP contribution in [0.3, 0.4) is 0 Å². The Hall–Kier alpha value is -2.94. The van der Waals surface area contributed by atoms with Gasteiger partial charge in [0.1, 0.15) is 6.33 Å². The molecular formula is C18H16F3N5S. The number of benzene rings is 2. The van der Waals surface area contributed by atoms with Gasteiger partial charge < -0.3 is 5.32 Å². The number of hydrogen-bond acceptors (Lipinski definition) is 3. The van der Waals surface area contributed by atoms with E-state index in [4.69, 9.17) is 12.2 Å². The molecule has 3 aromatic rings. The molecule has 2 aromatic carbocycles. The van der Waals surface area contributed by atoms with Gasteiger partial charge in [0.25, 0.3) is 0 Å². The maximum absolute atomic E-state index is 12.8. The summed E-state index contributed by atoms with van der Waals surface area (Å²) in [5.74, 6) is 0.257. The van der Waals surface area contributed by atoms with E-state index < -0.39 is 11.7 Å². The van der Waals surface area contributed by atoms with Crippen LogP contribution in [0.5, 0.6) is 0 Å². The third kappa shape index (κ3) is 5.04. The minimum Gasteiger partial charge on any atom is -0.332 e. The standard InChI is InChI=1S/C18H16F3N5S/c1-12-5-2-3-6-13(12)10-26-11-22-16(25-26)24-17(27)23-15-8-4-7-14(9-15)18(19,20)21/h2-9,11H,10H2,1H3,(H2,23,24,25,27). The highest BCUT2D eigenvalue weighted by Crippen LogP contribution is 2.30. The molecule has 1 aromatic heterocycles. The van der Waals surface area contributed by atoms with Gasteiger partial charge in [-0.25, -0.2) is 9.67 Å². The number of alkyl halides is 3. The van der Waals surface area contributed by atoms with Crippen LogP contribution in [-0.2, 0) is 12.7 Å². The van der Waals surface area contributed by atoms with Crippen molar-refractivity contribution in [3.8, 4) is 0 Å². The molecule has 0 unspecified atom stereocenters. The zero-order valence-electron chi connectivity index (χ0n) is 14.3. The SMILES string of the molecule is Cc1ccccc1Cn1cnc(NC(=S)Nc2cccc(C(F)(F)F)c2)n1. The number of anilines is 2. The molecule has 0 aliphatic rings. The molecule has 0 aliphatic carbocycles. The lowest BCUT2D eigenvalue weighted by Gasteiger charge is -2.11. The van der Waals surface area contributed by atoms with Crippen LogP contribution in [0, 0.1) is 6.92 Å². The van der Waals surface area contributed by atoms with Gasteiger partial charge in [-0.3, -0.25) is 5.32 Å². The van der Waals surface area contributed by atoms with Crippen molar-refractivity contribution in [3.63, 3.8) is 0 Å².